The molecule has 2 fully saturated rings. The molecule has 0 unspecified atom stereocenters. The number of ketones is 1. The van der Waals surface area contributed by atoms with Gasteiger partial charge in [-0.1, -0.05) is 13.3 Å². The number of hydrogen-bond donors (Lipinski definition) is 1. The Morgan fingerprint density at radius 2 is 2.16 bits per heavy atom. The molecular formula is C24H29N3O5. The molecule has 1 aromatic carbocycles. The molecule has 3 heterocycles. The lowest BCUT2D eigenvalue weighted by Crippen LogP contribution is -2.57. The number of nitriles is 1. The fraction of sp³-hybridized carbons (Fsp3) is 0.542. The number of nitrogens with one attached hydrogen (secondary N) is 1. The maximum Gasteiger partial charge on any atom is 0.337 e. The quantitative estimate of drug-likeness (QED) is 0.425. The maximum atomic E-state index is 13.9. The highest BCUT2D eigenvalue weighted by molar-refractivity contribution is 6.16. The third-order valence-electron chi connectivity index (χ3n) is 7.38. The van der Waals surface area contributed by atoms with Gasteiger partial charge in [-0.25, -0.2) is 4.79 Å². The van der Waals surface area contributed by atoms with E-state index in [1.165, 1.54) is 27.6 Å². The molecule has 0 bridgehead atoms. The second-order valence-corrected chi connectivity index (χ2v) is 8.68. The van der Waals surface area contributed by atoms with Crippen molar-refractivity contribution in [2.75, 3.05) is 39.7 Å². The van der Waals surface area contributed by atoms with E-state index in [-0.39, 0.29) is 23.7 Å². The summed E-state index contributed by atoms with van der Waals surface area (Å²) in [5.41, 5.74) is 1.19. The number of anilines is 1. The van der Waals surface area contributed by atoms with Gasteiger partial charge in [0.1, 0.15) is 17.4 Å². The molecule has 0 aliphatic carbocycles. The molecule has 8 heteroatoms. The van der Waals surface area contributed by atoms with Crippen LogP contribution in [-0.4, -0.2) is 62.7 Å². The van der Waals surface area contributed by atoms with Gasteiger partial charge < -0.3 is 19.5 Å². The molecule has 0 saturated carbocycles. The molecule has 8 nitrogen and oxygen atoms in total. The first kappa shape index (κ1) is 22.2. The smallest absolute Gasteiger partial charge is 0.337 e. The minimum atomic E-state index is -0.811. The lowest BCUT2D eigenvalue weighted by atomic mass is 9.72. The summed E-state index contributed by atoms with van der Waals surface area (Å²) in [6.45, 7) is 3.70. The largest absolute Gasteiger partial charge is 0.504 e. The molecule has 170 valence electrons. The highest BCUT2D eigenvalue weighted by Gasteiger charge is 2.60. The number of carbonyl (C=O) groups excluding carboxylic acids is 2. The summed E-state index contributed by atoms with van der Waals surface area (Å²) < 4.78 is 15.7. The average Bonchev–Trinajstić information content (AvgIpc) is 3.32. The lowest BCUT2D eigenvalue weighted by molar-refractivity contribution is -0.137. The second-order valence-electron chi connectivity index (χ2n) is 8.68. The van der Waals surface area contributed by atoms with Crippen molar-refractivity contribution in [2.24, 2.45) is 11.8 Å². The zero-order chi connectivity index (χ0) is 23.0. The van der Waals surface area contributed by atoms with Crippen LogP contribution in [0.2, 0.25) is 0 Å². The second kappa shape index (κ2) is 8.47. The van der Waals surface area contributed by atoms with E-state index < -0.39 is 11.5 Å². The summed E-state index contributed by atoms with van der Waals surface area (Å²) in [4.78, 5) is 28.8. The molecule has 4 atom stereocenters. The van der Waals surface area contributed by atoms with Gasteiger partial charge in [0, 0.05) is 24.8 Å². The molecule has 32 heavy (non-hydrogen) atoms. The Labute approximate surface area is 188 Å². The standard InChI is InChI=1S/C24H29N3O5/c1-5-14-12-27-9-8-24(19(27)10-16(14)17(13-30-2)23(29)32-4)22(28)20-18(26-24)7-6-15(11-25)21(20)31-3/h6-7,13-14,16,19,26H,5,8-10,12H2,1-4H3/b17-13+/t14-,16+,19+,24+/m1/s1. The molecule has 1 spiro atoms. The van der Waals surface area contributed by atoms with E-state index in [1.807, 2.05) is 0 Å². The summed E-state index contributed by atoms with van der Waals surface area (Å²) in [5, 5.41) is 13.0. The molecule has 2 saturated heterocycles. The van der Waals surface area contributed by atoms with Gasteiger partial charge in [-0.15, -0.1) is 0 Å². The van der Waals surface area contributed by atoms with E-state index in [0.29, 0.717) is 41.0 Å². The van der Waals surface area contributed by atoms with E-state index in [2.05, 4.69) is 23.2 Å². The SMILES string of the molecule is CC[C@@H]1CN2CC[C@]3(Nc4ccc(C#N)c(OC)c4C3=O)[C@@H]2C[C@@H]1/C(=C\OC)C(=O)OC. The third-order valence-corrected chi connectivity index (χ3v) is 7.38. The normalized spacial score (nSPS) is 29.2. The average molecular weight is 440 g/mol. The summed E-state index contributed by atoms with van der Waals surface area (Å²) in [7, 11) is 4.38. The number of carbonyl (C=O) groups is 2. The van der Waals surface area contributed by atoms with Crippen LogP contribution in [0.3, 0.4) is 0 Å². The highest BCUT2D eigenvalue weighted by Crippen LogP contribution is 2.50. The van der Waals surface area contributed by atoms with Gasteiger partial charge >= 0.3 is 5.97 Å². The van der Waals surface area contributed by atoms with Gasteiger partial charge in [-0.2, -0.15) is 5.26 Å². The number of hydrogen-bond acceptors (Lipinski definition) is 8. The number of esters is 1. The van der Waals surface area contributed by atoms with Gasteiger partial charge in [-0.05, 0) is 36.8 Å². The van der Waals surface area contributed by atoms with Crippen molar-refractivity contribution in [3.8, 4) is 11.8 Å². The van der Waals surface area contributed by atoms with Gasteiger partial charge in [0.2, 0.25) is 0 Å². The van der Waals surface area contributed by atoms with Crippen LogP contribution in [0, 0.1) is 23.2 Å². The fourth-order valence-corrected chi connectivity index (χ4v) is 5.85. The molecule has 3 aliphatic rings. The summed E-state index contributed by atoms with van der Waals surface area (Å²) in [5.74, 6) is 0.0493. The van der Waals surface area contributed by atoms with Crippen LogP contribution in [0.4, 0.5) is 5.69 Å². The van der Waals surface area contributed by atoms with Crippen LogP contribution in [0.15, 0.2) is 24.0 Å². The van der Waals surface area contributed by atoms with E-state index >= 15 is 0 Å². The topological polar surface area (TPSA) is 101 Å². The number of benzene rings is 1. The summed E-state index contributed by atoms with van der Waals surface area (Å²) >= 11 is 0. The molecule has 0 radical (unpaired) electrons. The summed E-state index contributed by atoms with van der Waals surface area (Å²) in [6, 6.07) is 5.47. The monoisotopic (exact) mass is 439 g/mol. The zero-order valence-corrected chi connectivity index (χ0v) is 18.9. The molecular weight excluding hydrogens is 410 g/mol. The van der Waals surface area contributed by atoms with Crippen molar-refractivity contribution in [3.05, 3.63) is 35.1 Å². The van der Waals surface area contributed by atoms with Gasteiger partial charge in [0.05, 0.1) is 44.3 Å². The number of Topliss-reactive ketones (excluding diaryl/α,β-unsaturated/α-hetero) is 1. The Morgan fingerprint density at radius 3 is 2.78 bits per heavy atom. The van der Waals surface area contributed by atoms with Crippen LogP contribution in [0.25, 0.3) is 0 Å². The summed E-state index contributed by atoms with van der Waals surface area (Å²) in [6.07, 6.45) is 3.67. The zero-order valence-electron chi connectivity index (χ0n) is 18.9. The Bertz CT molecular complexity index is 1010. The van der Waals surface area contributed by atoms with Crippen LogP contribution in [0.5, 0.6) is 5.75 Å². The molecule has 0 amide bonds. The van der Waals surface area contributed by atoms with Gasteiger partial charge in [0.25, 0.3) is 0 Å². The van der Waals surface area contributed by atoms with Crippen molar-refractivity contribution >= 4 is 17.4 Å². The van der Waals surface area contributed by atoms with Crippen molar-refractivity contribution in [3.63, 3.8) is 0 Å². The number of fused-ring (bicyclic) bond motifs is 3. The van der Waals surface area contributed by atoms with Crippen LogP contribution in [0.1, 0.15) is 42.1 Å². The number of nitrogens with zero attached hydrogens (tertiary/aromatic N) is 2. The van der Waals surface area contributed by atoms with E-state index in [4.69, 9.17) is 14.2 Å². The minimum absolute atomic E-state index is 0.0435. The fourth-order valence-electron chi connectivity index (χ4n) is 5.85. The first-order valence-electron chi connectivity index (χ1n) is 10.9. The van der Waals surface area contributed by atoms with Crippen LogP contribution >= 0.6 is 0 Å². The van der Waals surface area contributed by atoms with Crippen molar-refractivity contribution in [1.82, 2.24) is 4.90 Å². The molecule has 0 aromatic heterocycles. The van der Waals surface area contributed by atoms with Crippen molar-refractivity contribution in [1.29, 1.82) is 5.26 Å². The van der Waals surface area contributed by atoms with Crippen molar-refractivity contribution < 1.29 is 23.8 Å². The number of rotatable bonds is 5. The molecule has 3 aliphatic heterocycles. The number of methoxy groups -OCH3 is 3. The van der Waals surface area contributed by atoms with E-state index in [1.54, 1.807) is 12.1 Å². The molecule has 1 aromatic rings. The predicted octanol–water partition coefficient (Wildman–Crippen LogP) is 2.74. The van der Waals surface area contributed by atoms with Crippen LogP contribution in [-0.2, 0) is 14.3 Å². The predicted molar refractivity (Wildman–Crippen MR) is 117 cm³/mol. The number of piperidine rings is 1. The van der Waals surface area contributed by atoms with E-state index in [9.17, 15) is 14.9 Å². The molecule has 1 N–H and O–H groups in total. The first-order valence-corrected chi connectivity index (χ1v) is 10.9. The lowest BCUT2D eigenvalue weighted by Gasteiger charge is -2.45. The number of ether oxygens (including phenoxy) is 3. The Morgan fingerprint density at radius 1 is 1.38 bits per heavy atom. The Balaban J connectivity index is 1.73. The Kier molecular flexibility index (Phi) is 5.87. The third kappa shape index (κ3) is 3.15. The van der Waals surface area contributed by atoms with Gasteiger partial charge in [-0.3, -0.25) is 9.69 Å². The maximum absolute atomic E-state index is 13.9. The highest BCUT2D eigenvalue weighted by atomic mass is 16.5. The molecule has 4 rings (SSSR count). The minimum Gasteiger partial charge on any atom is -0.504 e. The first-order chi connectivity index (χ1) is 15.4. The van der Waals surface area contributed by atoms with Gasteiger partial charge in [0.15, 0.2) is 5.78 Å². The van der Waals surface area contributed by atoms with E-state index in [0.717, 1.165) is 19.5 Å². The van der Waals surface area contributed by atoms with Crippen molar-refractivity contribution in [2.45, 2.75) is 37.8 Å². The van der Waals surface area contributed by atoms with Crippen LogP contribution < -0.4 is 10.1 Å². The Hall–Kier alpha value is -3.05.